The van der Waals surface area contributed by atoms with Gasteiger partial charge in [-0.1, -0.05) is 235 Å². The number of fused-ring (bicyclic) bond motifs is 9. The quantitative estimate of drug-likeness (QED) is 0.130. The van der Waals surface area contributed by atoms with E-state index >= 15 is 0 Å². The number of para-hydroxylation sites is 3. The molecule has 0 aliphatic heterocycles. The SMILES string of the molecule is Cc1ccc2c(c1)c1ccccc1n2-c1ccc(-c2nc(-c3ccc(-n4c5ccccc5c5cc(C)ccc54)cc3)c(-c3ccccc3C)c(-c3ccccc3-c3cc(-c4ccccc4)nc(-c4ccccc4)n3)c2-c2ccc(-n3c4ccccc4c4cc(C)ccc43)cc2)cc1. The summed E-state index contributed by atoms with van der Waals surface area (Å²) in [5, 5.41) is 7.38. The van der Waals surface area contributed by atoms with E-state index in [9.17, 15) is 0 Å². The average Bonchev–Trinajstić information content (AvgIpc) is 1.37. The molecule has 6 nitrogen and oxygen atoms in total. The summed E-state index contributed by atoms with van der Waals surface area (Å²) in [6, 6.07) is 115. The van der Waals surface area contributed by atoms with Gasteiger partial charge in [-0.15, -0.1) is 0 Å². The smallest absolute Gasteiger partial charge is 0.160 e. The molecule has 0 saturated carbocycles. The second kappa shape index (κ2) is 23.2. The van der Waals surface area contributed by atoms with Crippen molar-refractivity contribution in [3.63, 3.8) is 0 Å². The number of hydrogen-bond donors (Lipinski definition) is 0. The molecule has 0 aliphatic carbocycles. The van der Waals surface area contributed by atoms with Crippen LogP contribution in [0.1, 0.15) is 22.3 Å². The maximum absolute atomic E-state index is 6.23. The summed E-state index contributed by atoms with van der Waals surface area (Å²) in [7, 11) is 0. The van der Waals surface area contributed by atoms with Gasteiger partial charge in [0.1, 0.15) is 0 Å². The molecule has 5 aromatic heterocycles. The van der Waals surface area contributed by atoms with Crippen molar-refractivity contribution in [2.45, 2.75) is 27.7 Å². The van der Waals surface area contributed by atoms with Gasteiger partial charge < -0.3 is 13.7 Å². The molecular formula is C91H64N6. The molecular weight excluding hydrogens is 1180 g/mol. The highest BCUT2D eigenvalue weighted by molar-refractivity contribution is 6.13. The van der Waals surface area contributed by atoms with Gasteiger partial charge in [0, 0.05) is 93.9 Å². The molecule has 97 heavy (non-hydrogen) atoms. The highest BCUT2D eigenvalue weighted by Gasteiger charge is 2.29. The average molecular weight is 1240 g/mol. The molecule has 0 atom stereocenters. The standard InChI is InChI=1S/C91H64N6/c1-57-35-50-83-75(53-57)71-28-15-18-32-80(71)95(83)66-44-38-62(39-45-66)86-87(74-31-14-13-27-70(74)79-56-78(61-22-7-5-8-23-61)92-91(93-79)65-24-9-6-10-25-65)88(69-26-12-11-21-60(69)4)90(64-42-48-68(49-43-64)97-82-34-20-17-30-73(82)77-55-59(3)37-52-85(77)97)94-89(86)63-40-46-67(47-41-63)96-81-33-19-16-29-72(81)76-54-58(2)36-51-84(76)96/h5-56H,1-4H3. The van der Waals surface area contributed by atoms with E-state index in [-0.39, 0.29) is 0 Å². The minimum Gasteiger partial charge on any atom is -0.309 e. The van der Waals surface area contributed by atoms with Gasteiger partial charge in [0.05, 0.1) is 55.9 Å². The fourth-order valence-electron chi connectivity index (χ4n) is 15.1. The molecule has 458 valence electrons. The van der Waals surface area contributed by atoms with Crippen molar-refractivity contribution in [1.29, 1.82) is 0 Å². The van der Waals surface area contributed by atoms with Crippen molar-refractivity contribution in [2.24, 2.45) is 0 Å². The molecule has 18 aromatic rings. The zero-order valence-corrected chi connectivity index (χ0v) is 54.2. The molecule has 0 fully saturated rings. The van der Waals surface area contributed by atoms with Gasteiger partial charge in [-0.2, -0.15) is 0 Å². The Morgan fingerprint density at radius 1 is 0.227 bits per heavy atom. The third-order valence-electron chi connectivity index (χ3n) is 19.6. The fraction of sp³-hybridized carbons (Fsp3) is 0.0440. The van der Waals surface area contributed by atoms with E-state index in [2.05, 4.69) is 351 Å². The van der Waals surface area contributed by atoms with Gasteiger partial charge in [0.2, 0.25) is 0 Å². The Labute approximate surface area is 563 Å². The molecule has 0 aliphatic rings. The highest BCUT2D eigenvalue weighted by atomic mass is 15.0. The van der Waals surface area contributed by atoms with Crippen LogP contribution in [0.3, 0.4) is 0 Å². The summed E-state index contributed by atoms with van der Waals surface area (Å²) in [6.07, 6.45) is 0. The summed E-state index contributed by atoms with van der Waals surface area (Å²) < 4.78 is 7.21. The molecule has 18 rings (SSSR count). The molecule has 6 heteroatoms. The first-order valence-electron chi connectivity index (χ1n) is 33.3. The summed E-state index contributed by atoms with van der Waals surface area (Å²) in [6.45, 7) is 8.75. The second-order valence-corrected chi connectivity index (χ2v) is 25.7. The van der Waals surface area contributed by atoms with Crippen LogP contribution in [0.4, 0.5) is 0 Å². The zero-order valence-electron chi connectivity index (χ0n) is 54.2. The van der Waals surface area contributed by atoms with Crippen LogP contribution in [0.15, 0.2) is 315 Å². The van der Waals surface area contributed by atoms with Crippen molar-refractivity contribution in [2.75, 3.05) is 0 Å². The Bertz CT molecular complexity index is 6070. The first-order chi connectivity index (χ1) is 47.8. The number of benzene rings is 13. The zero-order chi connectivity index (χ0) is 64.8. The Balaban J connectivity index is 0.947. The lowest BCUT2D eigenvalue weighted by molar-refractivity contribution is 1.17. The summed E-state index contributed by atoms with van der Waals surface area (Å²) in [5.74, 6) is 0.648. The maximum Gasteiger partial charge on any atom is 0.160 e. The normalized spacial score (nSPS) is 11.7. The Kier molecular flexibility index (Phi) is 13.7. The fourth-order valence-corrected chi connectivity index (χ4v) is 15.1. The summed E-state index contributed by atoms with van der Waals surface area (Å²) in [4.78, 5) is 17.1. The van der Waals surface area contributed by atoms with Gasteiger partial charge in [0.15, 0.2) is 5.82 Å². The first-order valence-corrected chi connectivity index (χ1v) is 33.3. The van der Waals surface area contributed by atoms with Gasteiger partial charge in [-0.05, 0) is 147 Å². The summed E-state index contributed by atoms with van der Waals surface area (Å²) >= 11 is 0. The van der Waals surface area contributed by atoms with Crippen LogP contribution in [-0.4, -0.2) is 28.7 Å². The van der Waals surface area contributed by atoms with Crippen LogP contribution in [-0.2, 0) is 0 Å². The van der Waals surface area contributed by atoms with Crippen LogP contribution >= 0.6 is 0 Å². The van der Waals surface area contributed by atoms with E-state index in [1.54, 1.807) is 0 Å². The predicted octanol–water partition coefficient (Wildman–Crippen LogP) is 23.7. The molecule has 0 N–H and O–H groups in total. The number of aryl methyl sites for hydroxylation is 4. The van der Waals surface area contributed by atoms with E-state index < -0.39 is 0 Å². The third-order valence-corrected chi connectivity index (χ3v) is 19.6. The molecule has 0 bridgehead atoms. The van der Waals surface area contributed by atoms with Crippen molar-refractivity contribution in [1.82, 2.24) is 28.7 Å². The molecule has 0 unspecified atom stereocenters. The summed E-state index contributed by atoms with van der Waals surface area (Å²) in [5.41, 5.74) is 29.4. The van der Waals surface area contributed by atoms with Gasteiger partial charge in [-0.3, -0.25) is 0 Å². The van der Waals surface area contributed by atoms with E-state index in [0.717, 1.165) is 140 Å². The number of nitrogens with zero attached hydrogens (tertiary/aromatic N) is 6. The van der Waals surface area contributed by atoms with E-state index in [1.807, 2.05) is 6.07 Å². The molecule has 0 radical (unpaired) electrons. The predicted molar refractivity (Wildman–Crippen MR) is 405 cm³/mol. The van der Waals surface area contributed by atoms with Crippen molar-refractivity contribution < 1.29 is 0 Å². The van der Waals surface area contributed by atoms with Crippen LogP contribution in [0.2, 0.25) is 0 Å². The van der Waals surface area contributed by atoms with Gasteiger partial charge in [0.25, 0.3) is 0 Å². The van der Waals surface area contributed by atoms with Crippen LogP contribution in [0.5, 0.6) is 0 Å². The number of hydrogen-bond acceptors (Lipinski definition) is 3. The van der Waals surface area contributed by atoms with Crippen LogP contribution in [0.25, 0.3) is 172 Å². The Morgan fingerprint density at radius 3 is 1.07 bits per heavy atom. The maximum atomic E-state index is 6.23. The minimum absolute atomic E-state index is 0.648. The van der Waals surface area contributed by atoms with E-state index in [1.165, 1.54) is 49.0 Å². The number of aromatic nitrogens is 6. The monoisotopic (exact) mass is 1240 g/mol. The minimum atomic E-state index is 0.648. The second-order valence-electron chi connectivity index (χ2n) is 25.7. The lowest BCUT2D eigenvalue weighted by Crippen LogP contribution is -2.04. The van der Waals surface area contributed by atoms with Crippen molar-refractivity contribution in [3.05, 3.63) is 338 Å². The topological polar surface area (TPSA) is 53.5 Å². The lowest BCUT2D eigenvalue weighted by atomic mass is 9.80. The van der Waals surface area contributed by atoms with E-state index in [4.69, 9.17) is 15.0 Å². The van der Waals surface area contributed by atoms with Gasteiger partial charge >= 0.3 is 0 Å². The first kappa shape index (κ1) is 57.2. The van der Waals surface area contributed by atoms with Crippen molar-refractivity contribution >= 4 is 65.4 Å². The largest absolute Gasteiger partial charge is 0.309 e. The molecule has 0 amide bonds. The Hall–Kier alpha value is -12.5. The van der Waals surface area contributed by atoms with Crippen LogP contribution in [0, 0.1) is 27.7 Å². The Morgan fingerprint density at radius 2 is 0.598 bits per heavy atom. The molecule has 13 aromatic carbocycles. The molecule has 5 heterocycles. The van der Waals surface area contributed by atoms with Gasteiger partial charge in [-0.25, -0.2) is 15.0 Å². The lowest BCUT2D eigenvalue weighted by Gasteiger charge is -2.26. The molecule has 0 saturated heterocycles. The van der Waals surface area contributed by atoms with E-state index in [0.29, 0.717) is 5.82 Å². The highest BCUT2D eigenvalue weighted by Crippen LogP contribution is 2.52. The van der Waals surface area contributed by atoms with Crippen LogP contribution < -0.4 is 0 Å². The van der Waals surface area contributed by atoms with Crippen molar-refractivity contribution in [3.8, 4) is 107 Å². The molecule has 0 spiro atoms. The third kappa shape index (κ3) is 9.67. The number of rotatable bonds is 11. The number of pyridine rings is 1.